The van der Waals surface area contributed by atoms with Gasteiger partial charge in [0.15, 0.2) is 17.5 Å². The largest absolute Gasteiger partial charge is 0.456 e. The first-order valence-electron chi connectivity index (χ1n) is 18.8. The molecule has 0 atom stereocenters. The van der Waals surface area contributed by atoms with E-state index in [2.05, 4.69) is 103 Å². The van der Waals surface area contributed by atoms with E-state index in [-0.39, 0.29) is 0 Å². The van der Waals surface area contributed by atoms with Crippen molar-refractivity contribution >= 4 is 21.9 Å². The minimum Gasteiger partial charge on any atom is -0.456 e. The van der Waals surface area contributed by atoms with Gasteiger partial charge in [-0.25, -0.2) is 15.0 Å². The van der Waals surface area contributed by atoms with Crippen LogP contribution in [0.2, 0.25) is 0 Å². The van der Waals surface area contributed by atoms with Crippen LogP contribution in [0.25, 0.3) is 101 Å². The van der Waals surface area contributed by atoms with E-state index in [9.17, 15) is 5.26 Å². The van der Waals surface area contributed by atoms with Crippen LogP contribution in [0.15, 0.2) is 199 Å². The van der Waals surface area contributed by atoms with Gasteiger partial charge < -0.3 is 4.42 Å². The number of benzene rings is 8. The Hall–Kier alpha value is -7.94. The van der Waals surface area contributed by atoms with E-state index in [1.54, 1.807) is 0 Å². The average molecular weight is 729 g/mol. The lowest BCUT2D eigenvalue weighted by molar-refractivity contribution is 0.669. The molecule has 0 radical (unpaired) electrons. The molecule has 10 rings (SSSR count). The predicted molar refractivity (Wildman–Crippen MR) is 230 cm³/mol. The average Bonchev–Trinajstić information content (AvgIpc) is 3.68. The molecule has 2 aromatic heterocycles. The Bertz CT molecular complexity index is 3130. The third kappa shape index (κ3) is 6.42. The van der Waals surface area contributed by atoms with Crippen LogP contribution in [0.1, 0.15) is 5.56 Å². The molecule has 5 nitrogen and oxygen atoms in total. The molecule has 0 bridgehead atoms. The van der Waals surface area contributed by atoms with Gasteiger partial charge in [0.25, 0.3) is 0 Å². The lowest BCUT2D eigenvalue weighted by Crippen LogP contribution is -2.00. The molecular weight excluding hydrogens is 697 g/mol. The number of fused-ring (bicyclic) bond motifs is 3. The minimum absolute atomic E-state index is 0.544. The van der Waals surface area contributed by atoms with Crippen molar-refractivity contribution in [2.75, 3.05) is 0 Å². The summed E-state index contributed by atoms with van der Waals surface area (Å²) in [6, 6.07) is 68.1. The van der Waals surface area contributed by atoms with Gasteiger partial charge in [0.2, 0.25) is 0 Å². The van der Waals surface area contributed by atoms with Crippen molar-refractivity contribution in [3.63, 3.8) is 0 Å². The number of aromatic nitrogens is 3. The molecule has 0 unspecified atom stereocenters. The third-order valence-corrected chi connectivity index (χ3v) is 10.4. The monoisotopic (exact) mass is 728 g/mol. The van der Waals surface area contributed by atoms with E-state index in [0.717, 1.165) is 72.0 Å². The number of nitriles is 1. The number of nitrogens with zero attached hydrogens (tertiary/aromatic N) is 4. The van der Waals surface area contributed by atoms with Crippen LogP contribution in [0.5, 0.6) is 0 Å². The molecule has 0 saturated carbocycles. The van der Waals surface area contributed by atoms with Gasteiger partial charge in [-0.2, -0.15) is 5.26 Å². The zero-order chi connectivity index (χ0) is 38.1. The number of furan rings is 1. The fourth-order valence-corrected chi connectivity index (χ4v) is 7.59. The summed E-state index contributed by atoms with van der Waals surface area (Å²) < 4.78 is 6.60. The Kier molecular flexibility index (Phi) is 8.48. The predicted octanol–water partition coefficient (Wildman–Crippen LogP) is 13.3. The molecule has 5 heteroatoms. The first-order chi connectivity index (χ1) is 28.2. The van der Waals surface area contributed by atoms with Crippen molar-refractivity contribution in [2.24, 2.45) is 0 Å². The molecule has 0 aliphatic heterocycles. The summed E-state index contributed by atoms with van der Waals surface area (Å²) in [7, 11) is 0. The Balaban J connectivity index is 1.10. The Morgan fingerprint density at radius 1 is 0.351 bits per heavy atom. The van der Waals surface area contributed by atoms with Crippen molar-refractivity contribution in [1.29, 1.82) is 5.26 Å². The Labute approximate surface area is 329 Å². The van der Waals surface area contributed by atoms with Crippen molar-refractivity contribution in [1.82, 2.24) is 15.0 Å². The van der Waals surface area contributed by atoms with E-state index in [4.69, 9.17) is 19.4 Å². The highest BCUT2D eigenvalue weighted by Gasteiger charge is 2.18. The Morgan fingerprint density at radius 2 is 0.860 bits per heavy atom. The lowest BCUT2D eigenvalue weighted by Gasteiger charge is -2.11. The van der Waals surface area contributed by atoms with Gasteiger partial charge in [-0.05, 0) is 80.9 Å². The second kappa shape index (κ2) is 14.4. The van der Waals surface area contributed by atoms with Crippen LogP contribution in [-0.2, 0) is 0 Å². The zero-order valence-corrected chi connectivity index (χ0v) is 30.7. The molecule has 0 aliphatic carbocycles. The van der Waals surface area contributed by atoms with Crippen molar-refractivity contribution < 1.29 is 4.42 Å². The molecule has 0 aliphatic rings. The molecule has 0 amide bonds. The summed E-state index contributed by atoms with van der Waals surface area (Å²) in [6.07, 6.45) is 0. The molecule has 0 spiro atoms. The smallest absolute Gasteiger partial charge is 0.164 e. The standard InChI is InChI=1S/C52H32N4O/c53-33-34-12-9-17-39(30-34)36-24-26-38(27-25-36)50-54-51(41-19-10-18-40(31-41)35-13-3-1-4-14-35)56-52(55-50)42-28-29-46-48(32-42)57-47-23-11-22-45(49(46)47)44-21-8-7-20-43(44)37-15-5-2-6-16-37/h1-32H. The third-order valence-electron chi connectivity index (χ3n) is 10.4. The molecule has 8 aromatic carbocycles. The highest BCUT2D eigenvalue weighted by Crippen LogP contribution is 2.41. The first-order valence-corrected chi connectivity index (χ1v) is 18.8. The minimum atomic E-state index is 0.544. The number of rotatable bonds is 7. The van der Waals surface area contributed by atoms with Crippen molar-refractivity contribution in [3.05, 3.63) is 200 Å². The number of hydrogen-bond acceptors (Lipinski definition) is 5. The highest BCUT2D eigenvalue weighted by molar-refractivity contribution is 6.14. The molecule has 0 saturated heterocycles. The molecule has 266 valence electrons. The van der Waals surface area contributed by atoms with Crippen molar-refractivity contribution in [3.8, 4) is 84.7 Å². The topological polar surface area (TPSA) is 75.6 Å². The van der Waals surface area contributed by atoms with Gasteiger partial charge in [-0.3, -0.25) is 0 Å². The zero-order valence-electron chi connectivity index (χ0n) is 30.7. The van der Waals surface area contributed by atoms with Crippen LogP contribution < -0.4 is 0 Å². The summed E-state index contributed by atoms with van der Waals surface area (Å²) in [5.74, 6) is 1.67. The van der Waals surface area contributed by atoms with E-state index in [0.29, 0.717) is 23.0 Å². The van der Waals surface area contributed by atoms with Crippen molar-refractivity contribution in [2.45, 2.75) is 0 Å². The molecule has 0 N–H and O–H groups in total. The highest BCUT2D eigenvalue weighted by atomic mass is 16.3. The van der Waals surface area contributed by atoms with Crippen LogP contribution >= 0.6 is 0 Å². The van der Waals surface area contributed by atoms with Gasteiger partial charge in [0, 0.05) is 27.5 Å². The van der Waals surface area contributed by atoms with Crippen LogP contribution in [-0.4, -0.2) is 15.0 Å². The summed E-state index contributed by atoms with van der Waals surface area (Å²) in [6.45, 7) is 0. The van der Waals surface area contributed by atoms with E-state index in [1.807, 2.05) is 97.1 Å². The quantitative estimate of drug-likeness (QED) is 0.163. The summed E-state index contributed by atoms with van der Waals surface area (Å²) in [5, 5.41) is 11.5. The summed E-state index contributed by atoms with van der Waals surface area (Å²) in [5.41, 5.74) is 13.5. The van der Waals surface area contributed by atoms with E-state index >= 15 is 0 Å². The SMILES string of the molecule is N#Cc1cccc(-c2ccc(-c3nc(-c4cccc(-c5ccccc5)c4)nc(-c4ccc5c(c4)oc4cccc(-c6ccccc6-c6ccccc6)c45)n3)cc2)c1. The van der Waals surface area contributed by atoms with Gasteiger partial charge in [-0.1, -0.05) is 158 Å². The van der Waals surface area contributed by atoms with Crippen LogP contribution in [0, 0.1) is 11.3 Å². The van der Waals surface area contributed by atoms with E-state index < -0.39 is 0 Å². The first kappa shape index (κ1) is 33.6. The van der Waals surface area contributed by atoms with E-state index in [1.165, 1.54) is 11.1 Å². The molecule has 10 aromatic rings. The van der Waals surface area contributed by atoms with Crippen LogP contribution in [0.3, 0.4) is 0 Å². The normalized spacial score (nSPS) is 11.1. The second-order valence-electron chi connectivity index (χ2n) is 13.9. The summed E-state index contributed by atoms with van der Waals surface area (Å²) in [4.78, 5) is 15.2. The lowest BCUT2D eigenvalue weighted by atomic mass is 9.92. The fraction of sp³-hybridized carbons (Fsp3) is 0. The molecule has 2 heterocycles. The van der Waals surface area contributed by atoms with Gasteiger partial charge >= 0.3 is 0 Å². The van der Waals surface area contributed by atoms with Gasteiger partial charge in [0.1, 0.15) is 11.2 Å². The maximum Gasteiger partial charge on any atom is 0.164 e. The van der Waals surface area contributed by atoms with Gasteiger partial charge in [-0.15, -0.1) is 0 Å². The number of hydrogen-bond donors (Lipinski definition) is 0. The van der Waals surface area contributed by atoms with Gasteiger partial charge in [0.05, 0.1) is 11.6 Å². The fourth-order valence-electron chi connectivity index (χ4n) is 7.59. The summed E-state index contributed by atoms with van der Waals surface area (Å²) >= 11 is 0. The maximum atomic E-state index is 9.45. The molecule has 0 fully saturated rings. The molecule has 57 heavy (non-hydrogen) atoms. The second-order valence-corrected chi connectivity index (χ2v) is 13.9. The Morgan fingerprint density at radius 3 is 1.60 bits per heavy atom. The molecular formula is C52H32N4O. The van der Waals surface area contributed by atoms with Crippen LogP contribution in [0.4, 0.5) is 0 Å². The maximum absolute atomic E-state index is 9.45.